The second-order valence-corrected chi connectivity index (χ2v) is 6.71. The Labute approximate surface area is 138 Å². The molecular weight excluding hydrogens is 320 g/mol. The van der Waals surface area contributed by atoms with Crippen molar-refractivity contribution >= 4 is 35.3 Å². The number of nitrogens with one attached hydrogen (secondary N) is 3. The monoisotopic (exact) mass is 340 g/mol. The van der Waals surface area contributed by atoms with Crippen molar-refractivity contribution in [2.24, 2.45) is 0 Å². The van der Waals surface area contributed by atoms with Gasteiger partial charge >= 0.3 is 0 Å². The van der Waals surface area contributed by atoms with Gasteiger partial charge in [0.2, 0.25) is 17.7 Å². The van der Waals surface area contributed by atoms with Crippen LogP contribution in [0.4, 0.5) is 5.82 Å². The molecule has 9 heteroatoms. The summed E-state index contributed by atoms with van der Waals surface area (Å²) >= 11 is 1.18. The molecule has 23 heavy (non-hydrogen) atoms. The number of aryl methyl sites for hydroxylation is 1. The zero-order valence-electron chi connectivity index (χ0n) is 13.0. The van der Waals surface area contributed by atoms with Gasteiger partial charge in [0.1, 0.15) is 5.76 Å². The maximum atomic E-state index is 11.9. The number of nitrogens with zero attached hydrogens (tertiary/aromatic N) is 1. The Morgan fingerprint density at radius 2 is 2.13 bits per heavy atom. The molecule has 0 aliphatic heterocycles. The number of rotatable bonds is 8. The fourth-order valence-electron chi connectivity index (χ4n) is 1.67. The molecular formula is C14H20N4O4S. The number of carbonyl (C=O) groups excluding carboxylic acids is 3. The van der Waals surface area contributed by atoms with Crippen molar-refractivity contribution in [3.63, 3.8) is 0 Å². The smallest absolute Gasteiger partial charge is 0.239 e. The third-order valence-corrected chi connectivity index (χ3v) is 4.24. The molecule has 3 amide bonds. The third-order valence-electron chi connectivity index (χ3n) is 3.10. The highest BCUT2D eigenvalue weighted by molar-refractivity contribution is 8.01. The van der Waals surface area contributed by atoms with Crippen LogP contribution < -0.4 is 16.0 Å². The number of aromatic nitrogens is 1. The minimum atomic E-state index is -0.432. The maximum Gasteiger partial charge on any atom is 0.239 e. The molecule has 0 bridgehead atoms. The van der Waals surface area contributed by atoms with E-state index in [9.17, 15) is 14.4 Å². The highest BCUT2D eigenvalue weighted by Crippen LogP contribution is 2.18. The Morgan fingerprint density at radius 1 is 1.39 bits per heavy atom. The summed E-state index contributed by atoms with van der Waals surface area (Å²) in [5.74, 6) is 0.326. The molecule has 0 aromatic carbocycles. The highest BCUT2D eigenvalue weighted by atomic mass is 32.2. The van der Waals surface area contributed by atoms with Gasteiger partial charge in [-0.25, -0.2) is 0 Å². The van der Waals surface area contributed by atoms with Gasteiger partial charge in [0.05, 0.1) is 17.5 Å². The molecule has 0 unspecified atom stereocenters. The fraction of sp³-hybridized carbons (Fsp3) is 0.571. The van der Waals surface area contributed by atoms with Crippen LogP contribution in [0.3, 0.4) is 0 Å². The summed E-state index contributed by atoms with van der Waals surface area (Å²) in [5, 5.41) is 11.2. The van der Waals surface area contributed by atoms with E-state index in [4.69, 9.17) is 4.52 Å². The van der Waals surface area contributed by atoms with Crippen molar-refractivity contribution in [2.45, 2.75) is 38.0 Å². The second kappa shape index (κ2) is 8.00. The molecule has 1 aliphatic carbocycles. The van der Waals surface area contributed by atoms with Gasteiger partial charge in [0.25, 0.3) is 0 Å². The fourth-order valence-corrected chi connectivity index (χ4v) is 2.38. The largest absolute Gasteiger partial charge is 0.360 e. The first-order valence-electron chi connectivity index (χ1n) is 7.36. The summed E-state index contributed by atoms with van der Waals surface area (Å²) in [7, 11) is 0. The SMILES string of the molecule is Cc1cc(NC(=O)[C@H](C)SCC(=O)NCC(=O)NC2CC2)no1. The Bertz CT molecular complexity index is 585. The van der Waals surface area contributed by atoms with Crippen molar-refractivity contribution in [1.82, 2.24) is 15.8 Å². The molecule has 0 saturated heterocycles. The van der Waals surface area contributed by atoms with Crippen LogP contribution in [0, 0.1) is 6.92 Å². The summed E-state index contributed by atoms with van der Waals surface area (Å²) in [5.41, 5.74) is 0. The van der Waals surface area contributed by atoms with Crippen LogP contribution in [-0.4, -0.2) is 46.5 Å². The Morgan fingerprint density at radius 3 is 2.74 bits per heavy atom. The first-order valence-corrected chi connectivity index (χ1v) is 8.41. The molecule has 1 aliphatic rings. The van der Waals surface area contributed by atoms with E-state index >= 15 is 0 Å². The zero-order chi connectivity index (χ0) is 16.8. The molecule has 1 atom stereocenters. The Kier molecular flexibility index (Phi) is 6.03. The van der Waals surface area contributed by atoms with Crippen LogP contribution >= 0.6 is 11.8 Å². The van der Waals surface area contributed by atoms with E-state index in [-0.39, 0.29) is 36.1 Å². The maximum absolute atomic E-state index is 11.9. The lowest BCUT2D eigenvalue weighted by atomic mass is 10.4. The van der Waals surface area contributed by atoms with Crippen molar-refractivity contribution in [2.75, 3.05) is 17.6 Å². The normalized spacial score (nSPS) is 14.9. The van der Waals surface area contributed by atoms with Gasteiger partial charge in [-0.1, -0.05) is 5.16 Å². The number of amides is 3. The van der Waals surface area contributed by atoms with Crippen LogP contribution in [0.5, 0.6) is 0 Å². The van der Waals surface area contributed by atoms with Gasteiger partial charge in [0, 0.05) is 12.1 Å². The van der Waals surface area contributed by atoms with Crippen LogP contribution in [0.25, 0.3) is 0 Å². The molecule has 1 aromatic heterocycles. The molecule has 1 saturated carbocycles. The molecule has 3 N–H and O–H groups in total. The van der Waals surface area contributed by atoms with E-state index in [1.165, 1.54) is 11.8 Å². The minimum Gasteiger partial charge on any atom is -0.360 e. The average Bonchev–Trinajstić information content (AvgIpc) is 3.23. The summed E-state index contributed by atoms with van der Waals surface area (Å²) in [4.78, 5) is 35.0. The standard InChI is InChI=1S/C14H20N4O4S/c1-8-5-11(18-22-8)17-14(21)9(2)23-7-13(20)15-6-12(19)16-10-3-4-10/h5,9-10H,3-4,6-7H2,1-2H3,(H,15,20)(H,16,19)(H,17,18,21)/t9-/m0/s1. The molecule has 0 spiro atoms. The van der Waals surface area contributed by atoms with Gasteiger partial charge in [-0.15, -0.1) is 11.8 Å². The van der Waals surface area contributed by atoms with E-state index in [0.29, 0.717) is 11.6 Å². The van der Waals surface area contributed by atoms with Gasteiger partial charge in [-0.3, -0.25) is 14.4 Å². The number of hydrogen-bond donors (Lipinski definition) is 3. The number of thioether (sulfide) groups is 1. The van der Waals surface area contributed by atoms with E-state index < -0.39 is 5.25 Å². The zero-order valence-corrected chi connectivity index (χ0v) is 13.9. The van der Waals surface area contributed by atoms with Gasteiger partial charge in [-0.05, 0) is 26.7 Å². The summed E-state index contributed by atoms with van der Waals surface area (Å²) in [6.07, 6.45) is 2.01. The predicted octanol–water partition coefficient (Wildman–Crippen LogP) is 0.438. The molecule has 126 valence electrons. The van der Waals surface area contributed by atoms with Crippen LogP contribution in [-0.2, 0) is 14.4 Å². The van der Waals surface area contributed by atoms with Crippen molar-refractivity contribution in [3.05, 3.63) is 11.8 Å². The van der Waals surface area contributed by atoms with Crippen LogP contribution in [0.1, 0.15) is 25.5 Å². The number of carbonyl (C=O) groups is 3. The lowest BCUT2D eigenvalue weighted by molar-refractivity contribution is -0.124. The van der Waals surface area contributed by atoms with Gasteiger partial charge < -0.3 is 20.5 Å². The predicted molar refractivity (Wildman–Crippen MR) is 86.0 cm³/mol. The van der Waals surface area contributed by atoms with Gasteiger partial charge in [-0.2, -0.15) is 0 Å². The lowest BCUT2D eigenvalue weighted by Gasteiger charge is -2.10. The van der Waals surface area contributed by atoms with Crippen molar-refractivity contribution in [3.8, 4) is 0 Å². The highest BCUT2D eigenvalue weighted by Gasteiger charge is 2.23. The second-order valence-electron chi connectivity index (χ2n) is 5.38. The molecule has 8 nitrogen and oxygen atoms in total. The molecule has 1 aromatic rings. The Balaban J connectivity index is 1.62. The summed E-state index contributed by atoms with van der Waals surface area (Å²) in [6.45, 7) is 3.39. The molecule has 0 radical (unpaired) electrons. The van der Waals surface area contributed by atoms with E-state index in [2.05, 4.69) is 21.1 Å². The van der Waals surface area contributed by atoms with Crippen molar-refractivity contribution in [1.29, 1.82) is 0 Å². The van der Waals surface area contributed by atoms with Crippen molar-refractivity contribution < 1.29 is 18.9 Å². The number of anilines is 1. The quantitative estimate of drug-likeness (QED) is 0.633. The first kappa shape index (κ1) is 17.3. The van der Waals surface area contributed by atoms with Gasteiger partial charge in [0.15, 0.2) is 5.82 Å². The van der Waals surface area contributed by atoms with E-state index in [1.807, 2.05) is 0 Å². The van der Waals surface area contributed by atoms with E-state index in [0.717, 1.165) is 12.8 Å². The topological polar surface area (TPSA) is 113 Å². The minimum absolute atomic E-state index is 0.0330. The third kappa shape index (κ3) is 6.31. The molecule has 1 fully saturated rings. The molecule has 2 rings (SSSR count). The first-order chi connectivity index (χ1) is 10.9. The lowest BCUT2D eigenvalue weighted by Crippen LogP contribution is -2.38. The Hall–Kier alpha value is -2.03. The van der Waals surface area contributed by atoms with E-state index in [1.54, 1.807) is 19.9 Å². The molecule has 1 heterocycles. The summed E-state index contributed by atoms with van der Waals surface area (Å²) < 4.78 is 4.86. The van der Waals surface area contributed by atoms with Crippen LogP contribution in [0.15, 0.2) is 10.6 Å². The summed E-state index contributed by atoms with van der Waals surface area (Å²) in [6, 6.07) is 1.89. The average molecular weight is 340 g/mol. The van der Waals surface area contributed by atoms with Crippen LogP contribution in [0.2, 0.25) is 0 Å². The number of hydrogen-bond acceptors (Lipinski definition) is 6.